The minimum absolute atomic E-state index is 0. The first-order chi connectivity index (χ1) is 11.3. The van der Waals surface area contributed by atoms with Gasteiger partial charge in [0, 0.05) is 72.5 Å². The van der Waals surface area contributed by atoms with Gasteiger partial charge in [-0.25, -0.2) is 0 Å². The van der Waals surface area contributed by atoms with Gasteiger partial charge in [0.2, 0.25) is 5.78 Å². The zero-order valence-corrected chi connectivity index (χ0v) is 15.5. The van der Waals surface area contributed by atoms with Gasteiger partial charge in [-0.2, -0.15) is 13.2 Å². The fraction of sp³-hybridized carbons (Fsp3) is 0.176. The van der Waals surface area contributed by atoms with Crippen LogP contribution in [0.4, 0.5) is 13.2 Å². The van der Waals surface area contributed by atoms with Crippen LogP contribution in [-0.2, 0) is 9.59 Å². The van der Waals surface area contributed by atoms with Crippen LogP contribution in [0.1, 0.15) is 13.3 Å². The summed E-state index contributed by atoms with van der Waals surface area (Å²) in [4.78, 5) is 28.6. The van der Waals surface area contributed by atoms with E-state index in [2.05, 4.69) is 34.2 Å². The molecule has 0 aliphatic carbocycles. The molecule has 2 heterocycles. The third kappa shape index (κ3) is 6.20. The second-order valence-electron chi connectivity index (χ2n) is 5.02. The molecule has 0 N–H and O–H groups in total. The summed E-state index contributed by atoms with van der Waals surface area (Å²) in [6.07, 6.45) is -2.32. The molecular weight excluding hydrogens is 473 g/mol. The molecule has 0 fully saturated rings. The molecule has 25 heavy (non-hydrogen) atoms. The van der Waals surface area contributed by atoms with Crippen LogP contribution in [0.2, 0.25) is 0 Å². The number of alkyl halides is 3. The van der Waals surface area contributed by atoms with Gasteiger partial charge in [0.1, 0.15) is 5.78 Å². The Morgan fingerprint density at radius 1 is 0.920 bits per heavy atom. The molecule has 0 amide bonds. The van der Waals surface area contributed by atoms with Crippen molar-refractivity contribution in [3.63, 3.8) is 0 Å². The van der Waals surface area contributed by atoms with Crippen molar-refractivity contribution in [1.29, 1.82) is 0 Å². The Labute approximate surface area is 182 Å². The summed E-state index contributed by atoms with van der Waals surface area (Å²) in [6, 6.07) is 12.1. The van der Waals surface area contributed by atoms with E-state index in [1.165, 1.54) is 0 Å². The monoisotopic (exact) mass is 487 g/mol. The average Bonchev–Trinajstić information content (AvgIpc) is 2.54. The molecule has 3 rings (SSSR count). The summed E-state index contributed by atoms with van der Waals surface area (Å²) in [7, 11) is 0. The van der Waals surface area contributed by atoms with E-state index >= 15 is 0 Å². The van der Waals surface area contributed by atoms with Crippen molar-refractivity contribution in [3.8, 4) is 0 Å². The predicted octanol–water partition coefficient (Wildman–Crippen LogP) is 3.88. The Balaban J connectivity index is 0.000000257. The van der Waals surface area contributed by atoms with Crippen LogP contribution in [0.25, 0.3) is 21.8 Å². The van der Waals surface area contributed by atoms with E-state index in [0.717, 1.165) is 28.7 Å². The number of Topliss-reactive ketones (excluding diaryl/α,β-unsaturated/α-hetero) is 2. The molecule has 0 bridgehead atoms. The quantitative estimate of drug-likeness (QED) is 0.408. The number of fused-ring (bicyclic) bond motifs is 3. The van der Waals surface area contributed by atoms with Crippen molar-refractivity contribution in [2.24, 2.45) is 0 Å². The van der Waals surface area contributed by atoms with Crippen LogP contribution < -0.4 is 0 Å². The summed E-state index contributed by atoms with van der Waals surface area (Å²) in [5.74, 6) is -2.76. The zero-order valence-electron chi connectivity index (χ0n) is 13.0. The van der Waals surface area contributed by atoms with Crippen LogP contribution in [0.5, 0.6) is 0 Å². The van der Waals surface area contributed by atoms with Crippen molar-refractivity contribution in [3.05, 3.63) is 48.8 Å². The number of aromatic nitrogens is 2. The average molecular weight is 486 g/mol. The van der Waals surface area contributed by atoms with E-state index in [9.17, 15) is 22.8 Å². The third-order valence-corrected chi connectivity index (χ3v) is 3.07. The Morgan fingerprint density at radius 2 is 1.36 bits per heavy atom. The molecule has 4 nitrogen and oxygen atoms in total. The molecule has 0 aliphatic heterocycles. The minimum atomic E-state index is -4.87. The molecule has 1 radical (unpaired) electrons. The number of nitrogens with zero attached hydrogens (tertiary/aromatic N) is 2. The van der Waals surface area contributed by atoms with Crippen LogP contribution in [-0.4, -0.2) is 27.7 Å². The topological polar surface area (TPSA) is 59.9 Å². The Hall–Kier alpha value is -1.25. The molecule has 0 unspecified atom stereocenters. The Morgan fingerprint density at radius 3 is 1.68 bits per heavy atom. The third-order valence-electron chi connectivity index (χ3n) is 3.07. The van der Waals surface area contributed by atoms with Gasteiger partial charge in [-0.1, -0.05) is 24.3 Å². The smallest absolute Gasteiger partial charge is 0.300 e. The molecule has 8 heteroatoms. The molecule has 0 aliphatic rings. The van der Waals surface area contributed by atoms with Crippen LogP contribution in [0.3, 0.4) is 0 Å². The molecule has 2 aromatic heterocycles. The van der Waals surface area contributed by atoms with Crippen molar-refractivity contribution in [2.45, 2.75) is 19.5 Å². The standard InChI is InChI=1S/C12H8N2.C5H5F3O2.Eu/c1-3-9-5-6-10-4-2-8-14-12(10)11(9)13-7-1;1-3(9)2-4(10)5(6,7)8;/h1-8H;2H2,1H3;. The predicted molar refractivity (Wildman–Crippen MR) is 83.4 cm³/mol. The number of pyridine rings is 2. The van der Waals surface area contributed by atoms with Gasteiger partial charge in [0.05, 0.1) is 17.5 Å². The number of rotatable bonds is 2. The van der Waals surface area contributed by atoms with Crippen molar-refractivity contribution < 1.29 is 72.1 Å². The van der Waals surface area contributed by atoms with Crippen LogP contribution in [0.15, 0.2) is 48.8 Å². The van der Waals surface area contributed by atoms with Crippen LogP contribution in [0, 0.1) is 49.4 Å². The Kier molecular flexibility index (Phi) is 8.24. The molecule has 131 valence electrons. The maximum atomic E-state index is 11.3. The molecule has 0 saturated heterocycles. The van der Waals surface area contributed by atoms with Gasteiger partial charge in [-0.15, -0.1) is 0 Å². The zero-order chi connectivity index (χ0) is 17.7. The van der Waals surface area contributed by atoms with Gasteiger partial charge < -0.3 is 0 Å². The van der Waals surface area contributed by atoms with E-state index in [1.54, 1.807) is 12.4 Å². The van der Waals surface area contributed by atoms with E-state index < -0.39 is 24.2 Å². The van der Waals surface area contributed by atoms with Crippen molar-refractivity contribution in [1.82, 2.24) is 9.97 Å². The maximum Gasteiger partial charge on any atom is 0.450 e. The number of hydrogen-bond acceptors (Lipinski definition) is 4. The first-order valence-electron chi connectivity index (χ1n) is 6.97. The Bertz CT molecular complexity index is 843. The van der Waals surface area contributed by atoms with E-state index in [-0.39, 0.29) is 49.4 Å². The number of carbonyl (C=O) groups excluding carboxylic acids is 2. The van der Waals surface area contributed by atoms with Crippen molar-refractivity contribution in [2.75, 3.05) is 0 Å². The summed E-state index contributed by atoms with van der Waals surface area (Å²) in [5.41, 5.74) is 1.95. The fourth-order valence-electron chi connectivity index (χ4n) is 2.01. The summed E-state index contributed by atoms with van der Waals surface area (Å²) in [5, 5.41) is 2.28. The number of halogens is 3. The maximum absolute atomic E-state index is 11.3. The largest absolute Gasteiger partial charge is 0.450 e. The number of carbonyl (C=O) groups is 2. The second kappa shape index (κ2) is 9.45. The van der Waals surface area contributed by atoms with E-state index in [0.29, 0.717) is 0 Å². The molecule has 0 atom stereocenters. The van der Waals surface area contributed by atoms with Crippen LogP contribution >= 0.6 is 0 Å². The molecular formula is C17H13EuF3N2O2. The van der Waals surface area contributed by atoms with Gasteiger partial charge in [-0.05, 0) is 19.1 Å². The van der Waals surface area contributed by atoms with Gasteiger partial charge in [0.25, 0.3) is 0 Å². The molecule has 0 saturated carbocycles. The van der Waals surface area contributed by atoms with Crippen molar-refractivity contribution >= 4 is 33.4 Å². The number of benzene rings is 1. The van der Waals surface area contributed by atoms with Gasteiger partial charge >= 0.3 is 6.18 Å². The number of hydrogen-bond donors (Lipinski definition) is 0. The van der Waals surface area contributed by atoms with Gasteiger partial charge in [0.15, 0.2) is 0 Å². The molecule has 3 aromatic rings. The fourth-order valence-corrected chi connectivity index (χ4v) is 2.01. The second-order valence-corrected chi connectivity index (χ2v) is 5.02. The van der Waals surface area contributed by atoms with E-state index in [1.807, 2.05) is 12.1 Å². The number of ketones is 2. The SMILES string of the molecule is CC(=O)CC(=O)C(F)(F)F.[Eu].c1cnc2c(c1)ccc1cccnc12. The summed E-state index contributed by atoms with van der Waals surface area (Å²) < 4.78 is 33.9. The minimum Gasteiger partial charge on any atom is -0.300 e. The molecule has 1 aromatic carbocycles. The normalized spacial score (nSPS) is 10.6. The van der Waals surface area contributed by atoms with Gasteiger partial charge in [-0.3, -0.25) is 19.6 Å². The molecule has 0 spiro atoms. The summed E-state index contributed by atoms with van der Waals surface area (Å²) >= 11 is 0. The summed E-state index contributed by atoms with van der Waals surface area (Å²) in [6.45, 7) is 0.934. The first kappa shape index (κ1) is 21.8. The first-order valence-corrected chi connectivity index (χ1v) is 6.97. The van der Waals surface area contributed by atoms with E-state index in [4.69, 9.17) is 0 Å².